The molecule has 8 heteroatoms. The number of aliphatic carboxylic acids is 1. The van der Waals surface area contributed by atoms with Crippen LogP contribution in [0.4, 0.5) is 5.69 Å². The van der Waals surface area contributed by atoms with Gasteiger partial charge in [-0.1, -0.05) is 12.1 Å². The van der Waals surface area contributed by atoms with Crippen molar-refractivity contribution in [2.24, 2.45) is 5.73 Å². The first-order valence-electron chi connectivity index (χ1n) is 5.57. The summed E-state index contributed by atoms with van der Waals surface area (Å²) in [5.74, 6) is -2.82. The highest BCUT2D eigenvalue weighted by Gasteiger charge is 2.31. The summed E-state index contributed by atoms with van der Waals surface area (Å²) in [7, 11) is -3.94. The van der Waals surface area contributed by atoms with Crippen molar-refractivity contribution in [2.45, 2.75) is 18.3 Å². The zero-order chi connectivity index (χ0) is 14.6. The molecule has 0 heterocycles. The Hall–Kier alpha value is -1.40. The first-order valence-corrected chi connectivity index (χ1v) is 7.49. The van der Waals surface area contributed by atoms with E-state index in [9.17, 15) is 19.4 Å². The van der Waals surface area contributed by atoms with Crippen LogP contribution >= 0.6 is 7.37 Å². The quantitative estimate of drug-likeness (QED) is 0.374. The largest absolute Gasteiger partial charge is 0.480 e. The van der Waals surface area contributed by atoms with E-state index in [0.717, 1.165) is 0 Å². The monoisotopic (exact) mass is 288 g/mol. The molecule has 0 saturated heterocycles. The van der Waals surface area contributed by atoms with Crippen LogP contribution < -0.4 is 11.5 Å². The normalized spacial score (nSPS) is 17.4. The smallest absolute Gasteiger partial charge is 0.320 e. The van der Waals surface area contributed by atoms with Gasteiger partial charge < -0.3 is 26.6 Å². The molecule has 1 rings (SSSR count). The van der Waals surface area contributed by atoms with Crippen LogP contribution in [0.15, 0.2) is 24.3 Å². The summed E-state index contributed by atoms with van der Waals surface area (Å²) < 4.78 is 12.0. The van der Waals surface area contributed by atoms with Gasteiger partial charge >= 0.3 is 5.97 Å². The fourth-order valence-electron chi connectivity index (χ4n) is 1.47. The van der Waals surface area contributed by atoms with Gasteiger partial charge in [-0.15, -0.1) is 0 Å². The zero-order valence-corrected chi connectivity index (χ0v) is 11.0. The third kappa shape index (κ3) is 4.33. The second-order valence-corrected chi connectivity index (χ2v) is 6.70. The van der Waals surface area contributed by atoms with Gasteiger partial charge in [0.2, 0.25) is 7.37 Å². The molecule has 0 saturated carbocycles. The van der Waals surface area contributed by atoms with E-state index in [4.69, 9.17) is 16.6 Å². The fourth-order valence-corrected chi connectivity index (χ4v) is 3.00. The molecular formula is C11H17N2O5P. The fraction of sp³-hybridized carbons (Fsp3) is 0.364. The number of aliphatic hydroxyl groups is 1. The summed E-state index contributed by atoms with van der Waals surface area (Å²) in [5, 5.41) is 18.4. The number of nitrogen functional groups attached to an aromatic ring is 1. The van der Waals surface area contributed by atoms with E-state index < -0.39 is 25.2 Å². The van der Waals surface area contributed by atoms with Gasteiger partial charge in [-0.3, -0.25) is 9.36 Å². The number of rotatable bonds is 6. The van der Waals surface area contributed by atoms with Crippen molar-refractivity contribution in [2.75, 3.05) is 11.9 Å². The molecule has 3 atom stereocenters. The first kappa shape index (κ1) is 15.7. The van der Waals surface area contributed by atoms with Crippen LogP contribution in [0.25, 0.3) is 0 Å². The number of hydrogen-bond donors (Lipinski definition) is 5. The van der Waals surface area contributed by atoms with Crippen LogP contribution in [0.5, 0.6) is 0 Å². The van der Waals surface area contributed by atoms with E-state index >= 15 is 0 Å². The lowest BCUT2D eigenvalue weighted by molar-refractivity contribution is -0.138. The van der Waals surface area contributed by atoms with Crippen molar-refractivity contribution >= 4 is 19.0 Å². The van der Waals surface area contributed by atoms with E-state index in [-0.39, 0.29) is 18.1 Å². The Bertz CT molecular complexity index is 490. The molecule has 0 radical (unpaired) electrons. The molecular weight excluding hydrogens is 271 g/mol. The molecule has 1 aromatic carbocycles. The van der Waals surface area contributed by atoms with Crippen molar-refractivity contribution < 1.29 is 24.5 Å². The average molecular weight is 288 g/mol. The second-order valence-electron chi connectivity index (χ2n) is 4.25. The van der Waals surface area contributed by atoms with Crippen LogP contribution in [0, 0.1) is 0 Å². The van der Waals surface area contributed by atoms with Crippen molar-refractivity contribution in [3.8, 4) is 0 Å². The summed E-state index contributed by atoms with van der Waals surface area (Å²) in [6.45, 7) is 0. The Morgan fingerprint density at radius 1 is 1.32 bits per heavy atom. The molecule has 0 aliphatic heterocycles. The Morgan fingerprint density at radius 2 is 1.84 bits per heavy atom. The lowest BCUT2D eigenvalue weighted by Crippen LogP contribution is -2.31. The SMILES string of the molecule is Nc1ccc(C(O)P(=O)(O)CC[C@H](N)C(=O)O)cc1. The molecule has 7 N–H and O–H groups in total. The molecule has 0 aromatic heterocycles. The number of carboxylic acids is 1. The minimum Gasteiger partial charge on any atom is -0.480 e. The lowest BCUT2D eigenvalue weighted by Gasteiger charge is -2.19. The van der Waals surface area contributed by atoms with Crippen molar-refractivity contribution in [3.63, 3.8) is 0 Å². The minimum absolute atomic E-state index is 0.185. The lowest BCUT2D eigenvalue weighted by atomic mass is 10.2. The Morgan fingerprint density at radius 3 is 2.32 bits per heavy atom. The minimum atomic E-state index is -3.94. The van der Waals surface area contributed by atoms with E-state index in [1.165, 1.54) is 24.3 Å². The molecule has 106 valence electrons. The molecule has 0 spiro atoms. The number of hydrogen-bond acceptors (Lipinski definition) is 5. The maximum atomic E-state index is 12.0. The number of carboxylic acid groups (broad SMARTS) is 1. The molecule has 19 heavy (non-hydrogen) atoms. The molecule has 2 unspecified atom stereocenters. The van der Waals surface area contributed by atoms with Gasteiger partial charge in [-0.05, 0) is 24.1 Å². The van der Waals surface area contributed by atoms with Crippen molar-refractivity contribution in [1.82, 2.24) is 0 Å². The zero-order valence-electron chi connectivity index (χ0n) is 10.1. The summed E-state index contributed by atoms with van der Waals surface area (Å²) in [4.78, 5) is 20.3. The van der Waals surface area contributed by atoms with Gasteiger partial charge in [-0.25, -0.2) is 0 Å². The number of carbonyl (C=O) groups is 1. The van der Waals surface area contributed by atoms with E-state index in [0.29, 0.717) is 5.69 Å². The highest BCUT2D eigenvalue weighted by atomic mass is 31.2. The van der Waals surface area contributed by atoms with Gasteiger partial charge in [0.1, 0.15) is 6.04 Å². The van der Waals surface area contributed by atoms with Crippen LogP contribution in [0.3, 0.4) is 0 Å². The van der Waals surface area contributed by atoms with E-state index in [1.54, 1.807) is 0 Å². The maximum Gasteiger partial charge on any atom is 0.320 e. The Kier molecular flexibility index (Phi) is 5.08. The molecule has 0 aliphatic carbocycles. The van der Waals surface area contributed by atoms with E-state index in [2.05, 4.69) is 0 Å². The standard InChI is InChI=1S/C11H17N2O5P/c12-8-3-1-7(2-4-8)11(16)19(17,18)6-5-9(13)10(14)15/h1-4,9,11,16H,5-6,12-13H2,(H,14,15)(H,17,18)/t9-,11?/m0/s1. The molecule has 0 amide bonds. The second kappa shape index (κ2) is 6.16. The van der Waals surface area contributed by atoms with Crippen LogP contribution in [0.1, 0.15) is 17.8 Å². The Labute approximate surface area is 110 Å². The molecule has 0 bridgehead atoms. The number of anilines is 1. The third-order valence-electron chi connectivity index (χ3n) is 2.69. The summed E-state index contributed by atoms with van der Waals surface area (Å²) in [6, 6.07) is 4.67. The van der Waals surface area contributed by atoms with Gasteiger partial charge in [0.05, 0.1) is 0 Å². The number of aliphatic hydroxyl groups excluding tert-OH is 1. The van der Waals surface area contributed by atoms with Gasteiger partial charge in [0, 0.05) is 11.8 Å². The van der Waals surface area contributed by atoms with Gasteiger partial charge in [0.15, 0.2) is 5.85 Å². The van der Waals surface area contributed by atoms with Crippen molar-refractivity contribution in [1.29, 1.82) is 0 Å². The average Bonchev–Trinajstić information content (AvgIpc) is 2.36. The molecule has 0 fully saturated rings. The van der Waals surface area contributed by atoms with Crippen molar-refractivity contribution in [3.05, 3.63) is 29.8 Å². The maximum absolute atomic E-state index is 12.0. The Balaban J connectivity index is 2.73. The number of benzene rings is 1. The summed E-state index contributed by atoms with van der Waals surface area (Å²) >= 11 is 0. The molecule has 1 aromatic rings. The molecule has 0 aliphatic rings. The summed E-state index contributed by atoms with van der Waals surface area (Å²) in [6.07, 6.45) is -0.554. The van der Waals surface area contributed by atoms with Gasteiger partial charge in [0.25, 0.3) is 0 Å². The van der Waals surface area contributed by atoms with Crippen LogP contribution in [-0.4, -0.2) is 33.3 Å². The highest BCUT2D eigenvalue weighted by Crippen LogP contribution is 2.54. The topological polar surface area (TPSA) is 147 Å². The van der Waals surface area contributed by atoms with Crippen LogP contribution in [0.2, 0.25) is 0 Å². The summed E-state index contributed by atoms with van der Waals surface area (Å²) in [5.41, 5.74) is 11.4. The number of nitrogens with two attached hydrogens (primary N) is 2. The predicted octanol–water partition coefficient (Wildman–Crippen LogP) is 0.332. The first-order chi connectivity index (χ1) is 8.74. The van der Waals surface area contributed by atoms with E-state index in [1.807, 2.05) is 0 Å². The van der Waals surface area contributed by atoms with Gasteiger partial charge in [-0.2, -0.15) is 0 Å². The predicted molar refractivity (Wildman–Crippen MR) is 70.7 cm³/mol. The van der Waals surface area contributed by atoms with Crippen LogP contribution in [-0.2, 0) is 9.36 Å². The molecule has 7 nitrogen and oxygen atoms in total. The highest BCUT2D eigenvalue weighted by molar-refractivity contribution is 7.58. The third-order valence-corrected chi connectivity index (χ3v) is 4.66.